The van der Waals surface area contributed by atoms with Crippen LogP contribution in [0.4, 0.5) is 11.4 Å². The number of fused-ring (bicyclic) bond motifs is 12. The molecule has 5 unspecified atom stereocenters. The third-order valence-corrected chi connectivity index (χ3v) is 29.0. The van der Waals surface area contributed by atoms with Crippen molar-refractivity contribution in [2.75, 3.05) is 23.7 Å². The topological polar surface area (TPSA) is 331 Å². The molecular weight excluding hydrogens is 1630 g/mol. The lowest BCUT2D eigenvalue weighted by molar-refractivity contribution is -0.137. The fraction of sp³-hybridized carbons (Fsp3) is 0.429. The van der Waals surface area contributed by atoms with Gasteiger partial charge in [-0.25, -0.2) is 19.6 Å². The maximum atomic E-state index is 14.6. The molecule has 4 aliphatic heterocycles. The maximum Gasteiger partial charge on any atom is 0.329 e. The molecule has 2 saturated carbocycles. The number of rotatable bonds is 30. The summed E-state index contributed by atoms with van der Waals surface area (Å²) in [4.78, 5) is 142. The van der Waals surface area contributed by atoms with E-state index in [1.807, 2.05) is 116 Å². The molecule has 0 radical (unpaired) electrons. The number of benzene rings is 6. The van der Waals surface area contributed by atoms with Crippen molar-refractivity contribution in [3.8, 4) is 34.0 Å². The standard InChI is InChI=1S/C98H108N14O12S2/c1-56-54-99-88-86-68-37-40-71(104-73(68)42-47-80(86)125-91(88)95(119)101-56)59-26-32-65(33-27-59)124-67-36-39-72(106-83(114)22-15-10-6-4-5-9-13-18-60-19-16-20-76-90(60)110(3)98(122)112(76)78-46-50-85(116)108-94(78)118)61(53-67)52-63-55-100-89-87-69-38-41-70(105-74(69)43-48-81(87)126-92(89)96(120)103-63)58-24-30-64(31-25-58)123-66-34-28-62(29-35-66)102-82(113)21-14-11-7-8-12-17-57-23-44-75-79(51-57)109(2)97(121)111(75)77-45-49-84(115)107-93(77)117/h16,19-20,23-27,30-33,37-38,40-44,47-48,51,56,61-63,66-67,72,77-78,99-100H,4-15,17-18,21-22,28-29,34-36,39,45-46,49-50,52-55H2,1-3H3,(H,101,119)(H,102,113)(H,103,120)(H,106,114)(H,107,115,117)(H,108,116,118)/t56-,61?,62?,63-,66?,67?,72?,77?,78?/m1/s1. The molecule has 6 aliphatic rings. The van der Waals surface area contributed by atoms with Crippen LogP contribution >= 0.6 is 22.7 Å². The first kappa shape index (κ1) is 84.8. The van der Waals surface area contributed by atoms with Crippen molar-refractivity contribution in [1.82, 2.24) is 60.1 Å². The predicted molar refractivity (Wildman–Crippen MR) is 493 cm³/mol. The Morgan fingerprint density at radius 1 is 0.500 bits per heavy atom. The molecule has 6 aromatic carbocycles. The van der Waals surface area contributed by atoms with E-state index in [1.165, 1.54) is 31.8 Å². The Labute approximate surface area is 737 Å². The zero-order chi connectivity index (χ0) is 86.8. The summed E-state index contributed by atoms with van der Waals surface area (Å²) >= 11 is 2.97. The number of aromatic nitrogens is 6. The number of hydrogen-bond donors (Lipinski definition) is 8. The zero-order valence-electron chi connectivity index (χ0n) is 71.5. The number of unbranched alkanes of at least 4 members (excludes halogenated alkanes) is 10. The second kappa shape index (κ2) is 37.3. The normalized spacial score (nSPS) is 21.0. The summed E-state index contributed by atoms with van der Waals surface area (Å²) < 4.78 is 21.7. The molecule has 7 atom stereocenters. The predicted octanol–water partition coefficient (Wildman–Crippen LogP) is 15.8. The highest BCUT2D eigenvalue weighted by atomic mass is 32.1. The molecule has 6 aromatic heterocycles. The van der Waals surface area contributed by atoms with Gasteiger partial charge in [0.2, 0.25) is 35.4 Å². The van der Waals surface area contributed by atoms with Crippen molar-refractivity contribution in [2.24, 2.45) is 20.0 Å². The number of carbonyl (C=O) groups is 8. The largest absolute Gasteiger partial charge is 0.490 e. The smallest absolute Gasteiger partial charge is 0.329 e. The second-order valence-corrected chi connectivity index (χ2v) is 37.6. The number of piperidine rings is 2. The van der Waals surface area contributed by atoms with Gasteiger partial charge < -0.3 is 41.4 Å². The summed E-state index contributed by atoms with van der Waals surface area (Å²) in [7, 11) is 3.46. The fourth-order valence-electron chi connectivity index (χ4n) is 20.1. The number of pyridine rings is 2. The molecule has 8 N–H and O–H groups in total. The first-order valence-corrected chi connectivity index (χ1v) is 46.9. The van der Waals surface area contributed by atoms with Gasteiger partial charge in [-0.1, -0.05) is 69.6 Å². The monoisotopic (exact) mass is 1740 g/mol. The molecule has 26 nitrogen and oxygen atoms in total. The second-order valence-electron chi connectivity index (χ2n) is 35.5. The molecule has 4 fully saturated rings. The van der Waals surface area contributed by atoms with Crippen LogP contribution in [0.25, 0.3) is 86.6 Å². The Morgan fingerprint density at radius 2 is 1.03 bits per heavy atom. The molecule has 126 heavy (non-hydrogen) atoms. The Hall–Kier alpha value is -12.0. The Balaban J connectivity index is 0.466. The highest BCUT2D eigenvalue weighted by molar-refractivity contribution is 7.22. The number of thiophene rings is 2. The number of carbonyl (C=O) groups excluding carboxylic acids is 8. The molecule has 8 amide bonds. The van der Waals surface area contributed by atoms with Gasteiger partial charge >= 0.3 is 11.4 Å². The minimum absolute atomic E-state index is 0.00427. The van der Waals surface area contributed by atoms with E-state index in [9.17, 15) is 47.9 Å². The van der Waals surface area contributed by atoms with Crippen molar-refractivity contribution in [3.05, 3.63) is 175 Å². The number of para-hydroxylation sites is 1. The van der Waals surface area contributed by atoms with Gasteiger partial charge in [-0.2, -0.15) is 0 Å². The average Bonchev–Trinajstić information content (AvgIpc) is 1.60. The summed E-state index contributed by atoms with van der Waals surface area (Å²) in [6.45, 7) is 3.11. The number of imide groups is 2. The first-order valence-electron chi connectivity index (χ1n) is 45.3. The van der Waals surface area contributed by atoms with Gasteiger partial charge in [-0.15, -0.1) is 22.7 Å². The molecule has 0 spiro atoms. The van der Waals surface area contributed by atoms with Crippen molar-refractivity contribution >= 4 is 145 Å². The molecule has 2 aliphatic carbocycles. The number of aryl methyl sites for hydroxylation is 4. The summed E-state index contributed by atoms with van der Waals surface area (Å²) in [6, 6.07) is 42.8. The van der Waals surface area contributed by atoms with E-state index in [-0.39, 0.29) is 102 Å². The highest BCUT2D eigenvalue weighted by Gasteiger charge is 2.39. The molecule has 12 aromatic rings. The van der Waals surface area contributed by atoms with Crippen molar-refractivity contribution in [3.63, 3.8) is 0 Å². The van der Waals surface area contributed by atoms with E-state index in [1.54, 1.807) is 23.2 Å². The average molecular weight is 1740 g/mol. The number of nitrogens with zero attached hydrogens (tertiary/aromatic N) is 6. The Kier molecular flexibility index (Phi) is 25.1. The van der Waals surface area contributed by atoms with Crippen LogP contribution in [0, 0.1) is 5.92 Å². The van der Waals surface area contributed by atoms with Gasteiger partial charge in [0, 0.05) is 119 Å². The minimum Gasteiger partial charge on any atom is -0.490 e. The Bertz CT molecular complexity index is 6350. The third kappa shape index (κ3) is 18.1. The van der Waals surface area contributed by atoms with E-state index in [4.69, 9.17) is 19.4 Å². The van der Waals surface area contributed by atoms with Gasteiger partial charge in [0.25, 0.3) is 11.8 Å². The van der Waals surface area contributed by atoms with Gasteiger partial charge in [0.05, 0.1) is 68.1 Å². The lowest BCUT2D eigenvalue weighted by atomic mass is 9.79. The van der Waals surface area contributed by atoms with E-state index in [0.717, 1.165) is 232 Å². The lowest BCUT2D eigenvalue weighted by Gasteiger charge is -2.38. The molecular formula is C98H108N14O12S2. The van der Waals surface area contributed by atoms with E-state index >= 15 is 0 Å². The van der Waals surface area contributed by atoms with E-state index in [0.29, 0.717) is 78.8 Å². The van der Waals surface area contributed by atoms with Gasteiger partial charge in [0.15, 0.2) is 0 Å². The number of ether oxygens (including phenoxy) is 2. The summed E-state index contributed by atoms with van der Waals surface area (Å²) in [5, 5.41) is 29.3. The Morgan fingerprint density at radius 3 is 1.63 bits per heavy atom. The van der Waals surface area contributed by atoms with Crippen molar-refractivity contribution in [1.29, 1.82) is 0 Å². The maximum absolute atomic E-state index is 14.6. The highest BCUT2D eigenvalue weighted by Crippen LogP contribution is 2.45. The number of anilines is 2. The molecule has 2 saturated heterocycles. The van der Waals surface area contributed by atoms with Crippen LogP contribution in [-0.4, -0.2) is 125 Å². The van der Waals surface area contributed by atoms with Crippen molar-refractivity contribution < 1.29 is 47.8 Å². The molecule has 10 heterocycles. The molecule has 0 bridgehead atoms. The van der Waals surface area contributed by atoms with Crippen LogP contribution in [0.5, 0.6) is 11.5 Å². The van der Waals surface area contributed by atoms with Crippen LogP contribution < -0.4 is 63.4 Å². The molecule has 18 rings (SSSR count). The SMILES string of the molecule is C[C@@H]1CNc2c(sc3ccc4nc(-c5ccc(OC6CCC(NC(=O)CCCCCCCCCc7cccc8c7n(C)c(=O)n8C7CCC(=O)NC7=O)C(C[C@@H]7CNc8c(sc9ccc%10nc(-c%11ccc(OC%12CCC(NC(=O)CCCCCCCc%13ccc%14c(c%13)n(C)c(=O)n%14C%13CCC(=O)NC%13=O)CC%12)cc%11)ccc%10c89)C(=O)N7)C6)cc5)ccc4c23)C(=O)N1. The first-order chi connectivity index (χ1) is 61.3. The quantitative estimate of drug-likeness (QED) is 0.0153. The van der Waals surface area contributed by atoms with Gasteiger partial charge in [0.1, 0.15) is 33.3 Å². The lowest BCUT2D eigenvalue weighted by Crippen LogP contribution is -2.49. The number of amides is 8. The molecule has 654 valence electrons. The number of hydrogen-bond acceptors (Lipinski definition) is 18. The van der Waals surface area contributed by atoms with Gasteiger partial charge in [-0.05, 0) is 242 Å². The summed E-state index contributed by atoms with van der Waals surface area (Å²) in [5.74, 6) is -0.0698. The van der Waals surface area contributed by atoms with Crippen LogP contribution in [-0.2, 0) is 55.7 Å². The van der Waals surface area contributed by atoms with Crippen LogP contribution in [0.3, 0.4) is 0 Å². The summed E-state index contributed by atoms with van der Waals surface area (Å²) in [5.41, 5.74) is 11.5. The van der Waals surface area contributed by atoms with E-state index in [2.05, 4.69) is 66.8 Å². The summed E-state index contributed by atoms with van der Waals surface area (Å²) in [6.07, 6.45) is 21.2. The van der Waals surface area contributed by atoms with Crippen LogP contribution in [0.2, 0.25) is 0 Å². The van der Waals surface area contributed by atoms with Gasteiger partial charge in [-0.3, -0.25) is 67.3 Å². The van der Waals surface area contributed by atoms with Crippen LogP contribution in [0.15, 0.2) is 143 Å². The zero-order valence-corrected chi connectivity index (χ0v) is 73.1. The fourth-order valence-corrected chi connectivity index (χ4v) is 22.3. The number of nitrogens with one attached hydrogen (secondary N) is 8. The van der Waals surface area contributed by atoms with E-state index < -0.39 is 23.9 Å². The number of imidazole rings is 2. The third-order valence-electron chi connectivity index (χ3n) is 26.7. The molecule has 28 heteroatoms. The van der Waals surface area contributed by atoms with Crippen molar-refractivity contribution in [2.45, 2.75) is 235 Å². The van der Waals surface area contributed by atoms with Crippen LogP contribution in [0.1, 0.15) is 216 Å². The minimum atomic E-state index is -0.726.